The smallest absolute Gasteiger partial charge is 0.335 e. The Balaban J connectivity index is 1.85. The summed E-state index contributed by atoms with van der Waals surface area (Å²) in [5.74, 6) is -1.45. The number of carbonyl (C=O) groups is 2. The van der Waals surface area contributed by atoms with Crippen molar-refractivity contribution in [1.82, 2.24) is 4.98 Å². The highest BCUT2D eigenvalue weighted by atomic mass is 79.9. The van der Waals surface area contributed by atoms with Crippen LogP contribution < -0.4 is 5.32 Å². The first-order valence-electron chi connectivity index (χ1n) is 9.34. The highest BCUT2D eigenvalue weighted by Gasteiger charge is 2.20. The largest absolute Gasteiger partial charge is 0.478 e. The summed E-state index contributed by atoms with van der Waals surface area (Å²) in [6, 6.07) is 19.4. The number of hydrogen-bond acceptors (Lipinski definition) is 3. The van der Waals surface area contributed by atoms with Crippen LogP contribution in [-0.4, -0.2) is 22.0 Å². The number of aromatic nitrogens is 1. The van der Waals surface area contributed by atoms with Gasteiger partial charge in [-0.1, -0.05) is 57.9 Å². The van der Waals surface area contributed by atoms with Crippen molar-refractivity contribution in [1.29, 1.82) is 0 Å². The minimum absolute atomic E-state index is 0.0452. The van der Waals surface area contributed by atoms with Gasteiger partial charge in [0.1, 0.15) is 0 Å². The first-order chi connectivity index (χ1) is 14.8. The number of carboxylic acids is 1. The van der Waals surface area contributed by atoms with E-state index in [4.69, 9.17) is 21.7 Å². The number of fused-ring (bicyclic) bond motifs is 1. The third-order valence-corrected chi connectivity index (χ3v) is 5.73. The number of carbonyl (C=O) groups excluding carboxylic acids is 1. The second-order valence-electron chi connectivity index (χ2n) is 6.94. The second-order valence-corrected chi connectivity index (χ2v) is 8.26. The van der Waals surface area contributed by atoms with Crippen LogP contribution in [0.15, 0.2) is 71.2 Å². The highest BCUT2D eigenvalue weighted by Crippen LogP contribution is 2.32. The first-order valence-corrected chi connectivity index (χ1v) is 10.5. The van der Waals surface area contributed by atoms with Crippen LogP contribution in [0.5, 0.6) is 0 Å². The highest BCUT2D eigenvalue weighted by molar-refractivity contribution is 9.10. The molecule has 0 saturated heterocycles. The number of rotatable bonds is 4. The third-order valence-electron chi connectivity index (χ3n) is 4.93. The molecule has 154 valence electrons. The van der Waals surface area contributed by atoms with Crippen molar-refractivity contribution in [2.24, 2.45) is 0 Å². The maximum atomic E-state index is 13.4. The van der Waals surface area contributed by atoms with E-state index in [9.17, 15) is 9.59 Å². The molecule has 0 bridgehead atoms. The maximum Gasteiger partial charge on any atom is 0.335 e. The fourth-order valence-corrected chi connectivity index (χ4v) is 4.02. The molecule has 1 aromatic heterocycles. The zero-order valence-electron chi connectivity index (χ0n) is 16.3. The topological polar surface area (TPSA) is 79.3 Å². The zero-order chi connectivity index (χ0) is 22.1. The normalized spacial score (nSPS) is 10.8. The Morgan fingerprint density at radius 2 is 1.77 bits per heavy atom. The molecule has 0 aliphatic heterocycles. The number of amides is 1. The predicted octanol–water partition coefficient (Wildman–Crippen LogP) is 6.58. The van der Waals surface area contributed by atoms with Crippen LogP contribution in [0.2, 0.25) is 5.02 Å². The number of carboxylic acid groups (broad SMARTS) is 1. The molecular formula is C24H16BrClN2O3. The van der Waals surface area contributed by atoms with E-state index in [1.165, 1.54) is 18.2 Å². The lowest BCUT2D eigenvalue weighted by molar-refractivity contribution is 0.0696. The number of nitrogens with zero attached hydrogens (tertiary/aromatic N) is 1. The van der Waals surface area contributed by atoms with Crippen molar-refractivity contribution in [3.05, 3.63) is 92.9 Å². The molecule has 0 aliphatic carbocycles. The Bertz CT molecular complexity index is 1340. The molecule has 0 saturated carbocycles. The molecular weight excluding hydrogens is 480 g/mol. The molecule has 3 aromatic carbocycles. The Morgan fingerprint density at radius 3 is 2.45 bits per heavy atom. The fraction of sp³-hybridized carbons (Fsp3) is 0.0417. The SMILES string of the molecule is Cc1c(-c2ccccc2)nc2ccc(Br)cc2c1C(=O)Nc1ccc(C(=O)O)cc1Cl. The van der Waals surface area contributed by atoms with Gasteiger partial charge >= 0.3 is 5.97 Å². The average Bonchev–Trinajstić information content (AvgIpc) is 2.75. The summed E-state index contributed by atoms with van der Waals surface area (Å²) in [5, 5.41) is 12.8. The lowest BCUT2D eigenvalue weighted by Crippen LogP contribution is -2.16. The first kappa shape index (κ1) is 21.0. The maximum absolute atomic E-state index is 13.4. The van der Waals surface area contributed by atoms with Gasteiger partial charge in [-0.3, -0.25) is 4.79 Å². The molecule has 1 heterocycles. The molecule has 1 amide bonds. The van der Waals surface area contributed by atoms with Crippen LogP contribution in [0.1, 0.15) is 26.3 Å². The van der Waals surface area contributed by atoms with Gasteiger partial charge in [0.15, 0.2) is 0 Å². The lowest BCUT2D eigenvalue weighted by Gasteiger charge is -2.16. The zero-order valence-corrected chi connectivity index (χ0v) is 18.7. The van der Waals surface area contributed by atoms with Gasteiger partial charge in [-0.05, 0) is 48.9 Å². The van der Waals surface area contributed by atoms with Gasteiger partial charge < -0.3 is 10.4 Å². The molecule has 4 aromatic rings. The number of nitrogens with one attached hydrogen (secondary N) is 1. The van der Waals surface area contributed by atoms with E-state index in [0.717, 1.165) is 15.6 Å². The van der Waals surface area contributed by atoms with Gasteiger partial charge in [0.25, 0.3) is 5.91 Å². The summed E-state index contributed by atoms with van der Waals surface area (Å²) in [7, 11) is 0. The van der Waals surface area contributed by atoms with Crippen LogP contribution in [0.25, 0.3) is 22.2 Å². The van der Waals surface area contributed by atoms with Gasteiger partial charge in [-0.25, -0.2) is 9.78 Å². The van der Waals surface area contributed by atoms with Gasteiger partial charge in [0, 0.05) is 15.4 Å². The van der Waals surface area contributed by atoms with Crippen LogP contribution in [0, 0.1) is 6.92 Å². The standard InChI is InChI=1S/C24H16BrClN2O3/c1-13-21(23(29)28-20-9-7-15(24(30)31)11-18(20)26)17-12-16(25)8-10-19(17)27-22(13)14-5-3-2-4-6-14/h2-12H,1H3,(H,28,29)(H,30,31). The number of hydrogen-bond donors (Lipinski definition) is 2. The molecule has 2 N–H and O–H groups in total. The van der Waals surface area contributed by atoms with E-state index in [1.54, 1.807) is 0 Å². The summed E-state index contributed by atoms with van der Waals surface area (Å²) in [6.07, 6.45) is 0. The van der Waals surface area contributed by atoms with Crippen LogP contribution >= 0.6 is 27.5 Å². The Labute approximate surface area is 191 Å². The van der Waals surface area contributed by atoms with E-state index in [2.05, 4.69) is 21.2 Å². The van der Waals surface area contributed by atoms with E-state index in [-0.39, 0.29) is 16.5 Å². The monoisotopic (exact) mass is 494 g/mol. The summed E-state index contributed by atoms with van der Waals surface area (Å²) in [4.78, 5) is 29.3. The van der Waals surface area contributed by atoms with E-state index < -0.39 is 5.97 Å². The molecule has 0 radical (unpaired) electrons. The molecule has 0 unspecified atom stereocenters. The number of aromatic carboxylic acids is 1. The van der Waals surface area contributed by atoms with Gasteiger partial charge in [-0.2, -0.15) is 0 Å². The van der Waals surface area contributed by atoms with Crippen molar-refractivity contribution >= 4 is 56.0 Å². The quantitative estimate of drug-likeness (QED) is 0.335. The number of anilines is 1. The minimum atomic E-state index is -1.09. The van der Waals surface area contributed by atoms with E-state index in [1.807, 2.05) is 55.5 Å². The average molecular weight is 496 g/mol. The van der Waals surface area contributed by atoms with Crippen molar-refractivity contribution in [3.8, 4) is 11.3 Å². The Hall–Kier alpha value is -3.22. The van der Waals surface area contributed by atoms with E-state index in [0.29, 0.717) is 27.8 Å². The molecule has 0 spiro atoms. The van der Waals surface area contributed by atoms with E-state index >= 15 is 0 Å². The summed E-state index contributed by atoms with van der Waals surface area (Å²) >= 11 is 9.68. The molecule has 0 atom stereocenters. The van der Waals surface area contributed by atoms with Crippen LogP contribution in [0.3, 0.4) is 0 Å². The summed E-state index contributed by atoms with van der Waals surface area (Å²) in [5.41, 5.74) is 3.89. The summed E-state index contributed by atoms with van der Waals surface area (Å²) < 4.78 is 0.826. The molecule has 0 aliphatic rings. The van der Waals surface area contributed by atoms with Gasteiger partial charge in [-0.15, -0.1) is 0 Å². The fourth-order valence-electron chi connectivity index (χ4n) is 3.43. The number of pyridine rings is 1. The summed E-state index contributed by atoms with van der Waals surface area (Å²) in [6.45, 7) is 1.86. The molecule has 31 heavy (non-hydrogen) atoms. The third kappa shape index (κ3) is 4.17. The van der Waals surface area contributed by atoms with Crippen molar-refractivity contribution in [2.75, 3.05) is 5.32 Å². The Kier molecular flexibility index (Phi) is 5.76. The van der Waals surface area contributed by atoms with Gasteiger partial charge in [0.05, 0.1) is 33.0 Å². The van der Waals surface area contributed by atoms with Crippen LogP contribution in [-0.2, 0) is 0 Å². The number of halogens is 2. The second kappa shape index (κ2) is 8.49. The molecule has 0 fully saturated rings. The predicted molar refractivity (Wildman–Crippen MR) is 126 cm³/mol. The van der Waals surface area contributed by atoms with Crippen molar-refractivity contribution < 1.29 is 14.7 Å². The van der Waals surface area contributed by atoms with Crippen molar-refractivity contribution in [2.45, 2.75) is 6.92 Å². The van der Waals surface area contributed by atoms with Gasteiger partial charge in [0.2, 0.25) is 0 Å². The van der Waals surface area contributed by atoms with Crippen LogP contribution in [0.4, 0.5) is 5.69 Å². The molecule has 5 nitrogen and oxygen atoms in total. The molecule has 4 rings (SSSR count). The lowest BCUT2D eigenvalue weighted by atomic mass is 9.97. The minimum Gasteiger partial charge on any atom is -0.478 e. The number of benzene rings is 3. The van der Waals surface area contributed by atoms with Crippen molar-refractivity contribution in [3.63, 3.8) is 0 Å². The Morgan fingerprint density at radius 1 is 1.03 bits per heavy atom. The molecule has 7 heteroatoms.